The molecule has 2 heteroatoms. The summed E-state index contributed by atoms with van der Waals surface area (Å²) in [6.07, 6.45) is 0. The summed E-state index contributed by atoms with van der Waals surface area (Å²) in [5.74, 6) is 6.55. The lowest BCUT2D eigenvalue weighted by Gasteiger charge is -2.51. The van der Waals surface area contributed by atoms with Gasteiger partial charge in [0, 0.05) is 16.7 Å². The molecule has 1 aliphatic heterocycles. The van der Waals surface area contributed by atoms with E-state index in [1.807, 2.05) is 42.5 Å². The fourth-order valence-corrected chi connectivity index (χ4v) is 5.25. The van der Waals surface area contributed by atoms with Crippen molar-refractivity contribution in [3.8, 4) is 11.8 Å². The van der Waals surface area contributed by atoms with E-state index in [1.54, 1.807) is 0 Å². The van der Waals surface area contributed by atoms with Gasteiger partial charge in [0.05, 0.1) is 18.9 Å². The molecule has 0 aromatic heterocycles. The molecule has 1 saturated heterocycles. The van der Waals surface area contributed by atoms with Gasteiger partial charge in [-0.2, -0.15) is 0 Å². The highest BCUT2D eigenvalue weighted by Gasteiger charge is 2.56. The lowest BCUT2D eigenvalue weighted by Crippen LogP contribution is -3.13. The summed E-state index contributed by atoms with van der Waals surface area (Å²) in [7, 11) is 2.26. The van der Waals surface area contributed by atoms with Gasteiger partial charge in [0.15, 0.2) is 0 Å². The van der Waals surface area contributed by atoms with E-state index in [1.165, 1.54) is 16.0 Å². The Morgan fingerprint density at radius 1 is 0.700 bits per heavy atom. The van der Waals surface area contributed by atoms with Crippen molar-refractivity contribution in [2.24, 2.45) is 11.8 Å². The van der Waals surface area contributed by atoms with Crippen molar-refractivity contribution in [2.45, 2.75) is 31.5 Å². The molecule has 152 valence electrons. The molecule has 30 heavy (non-hydrogen) atoms. The van der Waals surface area contributed by atoms with Crippen LogP contribution in [0.1, 0.15) is 42.6 Å². The van der Waals surface area contributed by atoms with Crippen molar-refractivity contribution in [3.05, 3.63) is 108 Å². The average molecular weight is 397 g/mol. The minimum Gasteiger partial charge on any atom is -0.376 e. The van der Waals surface area contributed by atoms with E-state index < -0.39 is 5.60 Å². The van der Waals surface area contributed by atoms with Crippen molar-refractivity contribution in [2.75, 3.05) is 7.05 Å². The van der Waals surface area contributed by atoms with Crippen LogP contribution in [0.3, 0.4) is 0 Å². The van der Waals surface area contributed by atoms with Crippen molar-refractivity contribution in [1.29, 1.82) is 0 Å². The number of nitrogens with one attached hydrogen (secondary N) is 1. The van der Waals surface area contributed by atoms with E-state index in [0.717, 1.165) is 5.56 Å². The highest BCUT2D eigenvalue weighted by molar-refractivity contribution is 5.38. The Hall–Kier alpha value is -2.86. The number of hydrogen-bond acceptors (Lipinski definition) is 1. The van der Waals surface area contributed by atoms with Gasteiger partial charge in [0.1, 0.15) is 17.7 Å². The molecular weight excluding hydrogens is 366 g/mol. The SMILES string of the molecule is C[C@@H]1[C@@H](c2ccccc2)[NH+](C)[C@H](c2ccccc2)[C@H](C)C1(O)C#Cc1ccccc1. The molecular formula is C28H30NO+. The first-order valence-electron chi connectivity index (χ1n) is 10.8. The normalized spacial score (nSPS) is 30.9. The predicted molar refractivity (Wildman–Crippen MR) is 122 cm³/mol. The van der Waals surface area contributed by atoms with E-state index in [-0.39, 0.29) is 23.9 Å². The lowest BCUT2D eigenvalue weighted by molar-refractivity contribution is -0.961. The second kappa shape index (κ2) is 8.48. The van der Waals surface area contributed by atoms with Crippen LogP contribution in [-0.4, -0.2) is 17.8 Å². The third-order valence-electron chi connectivity index (χ3n) is 6.87. The van der Waals surface area contributed by atoms with Gasteiger partial charge in [-0.25, -0.2) is 0 Å². The largest absolute Gasteiger partial charge is 0.376 e. The van der Waals surface area contributed by atoms with Gasteiger partial charge in [0.25, 0.3) is 0 Å². The van der Waals surface area contributed by atoms with E-state index in [4.69, 9.17) is 0 Å². The van der Waals surface area contributed by atoms with Gasteiger partial charge in [-0.15, -0.1) is 0 Å². The molecule has 0 spiro atoms. The number of piperidine rings is 1. The van der Waals surface area contributed by atoms with Crippen LogP contribution in [0.15, 0.2) is 91.0 Å². The van der Waals surface area contributed by atoms with E-state index >= 15 is 0 Å². The number of hydrogen-bond donors (Lipinski definition) is 2. The summed E-state index contributed by atoms with van der Waals surface area (Å²) >= 11 is 0. The van der Waals surface area contributed by atoms with E-state index in [2.05, 4.69) is 81.3 Å². The minimum absolute atomic E-state index is 0.0222. The average Bonchev–Trinajstić information content (AvgIpc) is 2.79. The number of quaternary nitrogens is 1. The Kier molecular flexibility index (Phi) is 5.77. The molecule has 2 unspecified atom stereocenters. The monoisotopic (exact) mass is 396 g/mol. The first-order chi connectivity index (χ1) is 14.5. The Bertz CT molecular complexity index is 966. The third kappa shape index (κ3) is 3.67. The second-order valence-corrected chi connectivity index (χ2v) is 8.54. The molecule has 3 aromatic rings. The number of aliphatic hydroxyl groups is 1. The van der Waals surface area contributed by atoms with Gasteiger partial charge in [-0.3, -0.25) is 0 Å². The zero-order valence-corrected chi connectivity index (χ0v) is 17.9. The third-order valence-corrected chi connectivity index (χ3v) is 6.87. The van der Waals surface area contributed by atoms with Crippen LogP contribution in [0, 0.1) is 23.7 Å². The lowest BCUT2D eigenvalue weighted by atomic mass is 9.65. The van der Waals surface area contributed by atoms with Crippen molar-refractivity contribution < 1.29 is 10.0 Å². The molecule has 6 atom stereocenters. The molecule has 3 aromatic carbocycles. The first kappa shape index (κ1) is 20.4. The molecule has 0 saturated carbocycles. The maximum Gasteiger partial charge on any atom is 0.142 e. The predicted octanol–water partition coefficient (Wildman–Crippen LogP) is 4.05. The van der Waals surface area contributed by atoms with Crippen LogP contribution in [0.25, 0.3) is 0 Å². The summed E-state index contributed by atoms with van der Waals surface area (Å²) in [6, 6.07) is 31.4. The highest BCUT2D eigenvalue weighted by Crippen LogP contribution is 2.43. The Balaban J connectivity index is 1.83. The Morgan fingerprint density at radius 2 is 1.10 bits per heavy atom. The quantitative estimate of drug-likeness (QED) is 0.628. The van der Waals surface area contributed by atoms with Crippen LogP contribution < -0.4 is 4.90 Å². The molecule has 2 N–H and O–H groups in total. The van der Waals surface area contributed by atoms with E-state index in [9.17, 15) is 5.11 Å². The topological polar surface area (TPSA) is 24.7 Å². The number of rotatable bonds is 2. The highest BCUT2D eigenvalue weighted by atomic mass is 16.3. The van der Waals surface area contributed by atoms with Gasteiger partial charge in [-0.1, -0.05) is 105 Å². The number of benzene rings is 3. The molecule has 4 rings (SSSR count). The molecule has 0 radical (unpaired) electrons. The summed E-state index contributed by atoms with van der Waals surface area (Å²) in [5, 5.41) is 12.1. The van der Waals surface area contributed by atoms with Gasteiger partial charge in [0.2, 0.25) is 0 Å². The number of likely N-dealkylation sites (tertiary alicyclic amines) is 1. The van der Waals surface area contributed by atoms with Crippen molar-refractivity contribution in [3.63, 3.8) is 0 Å². The molecule has 2 nitrogen and oxygen atoms in total. The van der Waals surface area contributed by atoms with Crippen molar-refractivity contribution >= 4 is 0 Å². The zero-order chi connectivity index (χ0) is 21.1. The van der Waals surface area contributed by atoms with Crippen LogP contribution in [0.2, 0.25) is 0 Å². The molecule has 0 aliphatic carbocycles. The fourth-order valence-electron chi connectivity index (χ4n) is 5.25. The molecule has 1 fully saturated rings. The van der Waals surface area contributed by atoms with Crippen LogP contribution in [-0.2, 0) is 0 Å². The van der Waals surface area contributed by atoms with E-state index in [0.29, 0.717) is 0 Å². The molecule has 0 bridgehead atoms. The minimum atomic E-state index is -1.10. The standard InChI is InChI=1S/C28H29NO/c1-21-26(24-15-9-5-10-16-24)29(3)27(25-17-11-6-12-18-25)22(2)28(21,30)20-19-23-13-7-4-8-14-23/h4-18,21-22,26-27,30H,1-3H3/p+1/t21-,22+,26-,27-,28?/m0/s1. The van der Waals surface area contributed by atoms with Crippen molar-refractivity contribution in [1.82, 2.24) is 0 Å². The summed E-state index contributed by atoms with van der Waals surface area (Å²) in [6.45, 7) is 4.30. The van der Waals surface area contributed by atoms with Crippen LogP contribution >= 0.6 is 0 Å². The van der Waals surface area contributed by atoms with Gasteiger partial charge in [-0.05, 0) is 12.1 Å². The first-order valence-corrected chi connectivity index (χ1v) is 10.8. The van der Waals surface area contributed by atoms with Crippen LogP contribution in [0.4, 0.5) is 0 Å². The van der Waals surface area contributed by atoms with Gasteiger partial charge >= 0.3 is 0 Å². The maximum absolute atomic E-state index is 12.1. The summed E-state index contributed by atoms with van der Waals surface area (Å²) < 4.78 is 0. The Labute approximate surface area is 180 Å². The summed E-state index contributed by atoms with van der Waals surface area (Å²) in [4.78, 5) is 1.40. The smallest absolute Gasteiger partial charge is 0.142 e. The Morgan fingerprint density at radius 3 is 1.53 bits per heavy atom. The molecule has 0 amide bonds. The molecule has 1 aliphatic rings. The zero-order valence-electron chi connectivity index (χ0n) is 17.9. The second-order valence-electron chi connectivity index (χ2n) is 8.54. The van der Waals surface area contributed by atoms with Gasteiger partial charge < -0.3 is 10.0 Å². The fraction of sp³-hybridized carbons (Fsp3) is 0.286. The summed E-state index contributed by atoms with van der Waals surface area (Å²) in [5.41, 5.74) is 2.32. The molecule has 1 heterocycles. The van der Waals surface area contributed by atoms with Crippen LogP contribution in [0.5, 0.6) is 0 Å². The maximum atomic E-state index is 12.1.